The Morgan fingerprint density at radius 3 is 1.71 bits per heavy atom. The summed E-state index contributed by atoms with van der Waals surface area (Å²) in [7, 11) is 0. The van der Waals surface area contributed by atoms with E-state index in [0.29, 0.717) is 0 Å². The van der Waals surface area contributed by atoms with Crippen molar-refractivity contribution >= 4 is 28.7 Å². The Hall–Kier alpha value is -3.58. The topological polar surface area (TPSA) is 3.24 Å². The molecule has 0 fully saturated rings. The first-order valence-corrected chi connectivity index (χ1v) is 9.68. The summed E-state index contributed by atoms with van der Waals surface area (Å²) in [6, 6.07) is 38.6. The van der Waals surface area contributed by atoms with E-state index >= 15 is 0 Å². The van der Waals surface area contributed by atoms with E-state index < -0.39 is 0 Å². The van der Waals surface area contributed by atoms with Crippen LogP contribution < -0.4 is 4.90 Å². The van der Waals surface area contributed by atoms with Crippen molar-refractivity contribution in [2.45, 2.75) is 6.42 Å². The smallest absolute Gasteiger partial charge is 0.0467 e. The molecule has 0 bridgehead atoms. The highest BCUT2D eigenvalue weighted by molar-refractivity contribution is 5.90. The molecule has 1 aliphatic carbocycles. The average Bonchev–Trinajstić information content (AvgIpc) is 3.20. The predicted molar refractivity (Wildman–Crippen MR) is 119 cm³/mol. The highest BCUT2D eigenvalue weighted by Crippen LogP contribution is 2.38. The second-order valence-electron chi connectivity index (χ2n) is 7.10. The molecule has 4 aromatic carbocycles. The maximum atomic E-state index is 2.34. The van der Waals surface area contributed by atoms with Crippen LogP contribution in [0.2, 0.25) is 0 Å². The molecular weight excluding hydrogens is 338 g/mol. The van der Waals surface area contributed by atoms with E-state index in [0.717, 1.165) is 6.42 Å². The normalized spacial score (nSPS) is 12.4. The molecule has 0 N–H and O–H groups in total. The minimum atomic E-state index is 0.996. The molecule has 0 unspecified atom stereocenters. The van der Waals surface area contributed by atoms with Crippen LogP contribution in [0.5, 0.6) is 0 Å². The van der Waals surface area contributed by atoms with Crippen molar-refractivity contribution in [3.05, 3.63) is 126 Å². The summed E-state index contributed by atoms with van der Waals surface area (Å²) < 4.78 is 0. The van der Waals surface area contributed by atoms with Gasteiger partial charge in [-0.05, 0) is 65.1 Å². The van der Waals surface area contributed by atoms with Gasteiger partial charge in [0.15, 0.2) is 0 Å². The second kappa shape index (κ2) is 7.21. The van der Waals surface area contributed by atoms with Crippen molar-refractivity contribution in [1.82, 2.24) is 0 Å². The van der Waals surface area contributed by atoms with E-state index in [1.54, 1.807) is 0 Å². The molecule has 0 aromatic heterocycles. The number of rotatable bonds is 4. The third-order valence-corrected chi connectivity index (χ3v) is 5.27. The largest absolute Gasteiger partial charge is 0.310 e. The maximum Gasteiger partial charge on any atom is 0.0467 e. The molecule has 0 saturated heterocycles. The number of nitrogens with zero attached hydrogens (tertiary/aromatic N) is 1. The fourth-order valence-corrected chi connectivity index (χ4v) is 3.90. The first kappa shape index (κ1) is 16.6. The molecule has 1 heteroatoms. The van der Waals surface area contributed by atoms with E-state index in [-0.39, 0.29) is 0 Å². The second-order valence-corrected chi connectivity index (χ2v) is 7.10. The summed E-state index contributed by atoms with van der Waals surface area (Å²) in [5.74, 6) is 0. The van der Waals surface area contributed by atoms with Crippen LogP contribution in [-0.2, 0) is 6.42 Å². The van der Waals surface area contributed by atoms with Gasteiger partial charge >= 0.3 is 0 Å². The first-order valence-electron chi connectivity index (χ1n) is 9.68. The van der Waals surface area contributed by atoms with E-state index in [1.165, 1.54) is 39.3 Å². The van der Waals surface area contributed by atoms with Crippen LogP contribution in [0.3, 0.4) is 0 Å². The van der Waals surface area contributed by atoms with E-state index in [1.807, 2.05) is 0 Å². The Balaban J connectivity index is 1.58. The molecule has 134 valence electrons. The number of hydrogen-bond donors (Lipinski definition) is 0. The van der Waals surface area contributed by atoms with E-state index in [4.69, 9.17) is 0 Å². The maximum absolute atomic E-state index is 2.34. The van der Waals surface area contributed by atoms with Crippen molar-refractivity contribution in [2.75, 3.05) is 4.90 Å². The molecule has 0 heterocycles. The van der Waals surface area contributed by atoms with Gasteiger partial charge in [-0.2, -0.15) is 0 Å². The zero-order chi connectivity index (χ0) is 18.8. The lowest BCUT2D eigenvalue weighted by molar-refractivity contribution is 1.26. The van der Waals surface area contributed by atoms with E-state index in [9.17, 15) is 0 Å². The Bertz CT molecular complexity index is 1070. The van der Waals surface area contributed by atoms with Crippen LogP contribution in [0.25, 0.3) is 11.6 Å². The molecule has 0 aliphatic heterocycles. The summed E-state index contributed by atoms with van der Waals surface area (Å²) in [4.78, 5) is 2.31. The van der Waals surface area contributed by atoms with E-state index in [2.05, 4.69) is 120 Å². The van der Waals surface area contributed by atoms with Gasteiger partial charge in [0.05, 0.1) is 0 Å². The lowest BCUT2D eigenvalue weighted by Gasteiger charge is -2.25. The molecule has 0 spiro atoms. The molecule has 0 saturated carbocycles. The van der Waals surface area contributed by atoms with Gasteiger partial charge in [-0.25, -0.2) is 0 Å². The minimum Gasteiger partial charge on any atom is -0.310 e. The summed E-state index contributed by atoms with van der Waals surface area (Å²) in [5, 5.41) is 0. The van der Waals surface area contributed by atoms with Crippen molar-refractivity contribution in [2.24, 2.45) is 0 Å². The lowest BCUT2D eigenvalue weighted by Crippen LogP contribution is -2.09. The molecular formula is C27H21N. The van der Waals surface area contributed by atoms with Gasteiger partial charge in [0.1, 0.15) is 0 Å². The Kier molecular flexibility index (Phi) is 4.27. The van der Waals surface area contributed by atoms with Crippen molar-refractivity contribution in [3.63, 3.8) is 0 Å². The van der Waals surface area contributed by atoms with Crippen molar-refractivity contribution in [1.29, 1.82) is 0 Å². The van der Waals surface area contributed by atoms with Crippen molar-refractivity contribution < 1.29 is 0 Å². The summed E-state index contributed by atoms with van der Waals surface area (Å²) >= 11 is 0. The Labute approximate surface area is 166 Å². The number of allylic oxidation sites excluding steroid dienone is 1. The van der Waals surface area contributed by atoms with Crippen LogP contribution in [0.15, 0.2) is 109 Å². The molecule has 5 rings (SSSR count). The van der Waals surface area contributed by atoms with Gasteiger partial charge in [-0.15, -0.1) is 0 Å². The summed E-state index contributed by atoms with van der Waals surface area (Å²) in [5.41, 5.74) is 8.92. The van der Waals surface area contributed by atoms with Crippen LogP contribution in [0, 0.1) is 0 Å². The lowest BCUT2D eigenvalue weighted by atomic mass is 10.0. The molecule has 1 aliphatic rings. The highest BCUT2D eigenvalue weighted by Gasteiger charge is 2.17. The molecule has 0 atom stereocenters. The molecule has 0 amide bonds. The monoisotopic (exact) mass is 359 g/mol. The number of benzene rings is 4. The zero-order valence-corrected chi connectivity index (χ0v) is 15.6. The van der Waals surface area contributed by atoms with Crippen LogP contribution >= 0.6 is 0 Å². The third-order valence-electron chi connectivity index (χ3n) is 5.27. The highest BCUT2D eigenvalue weighted by atomic mass is 15.1. The number of anilines is 3. The average molecular weight is 359 g/mol. The quantitative estimate of drug-likeness (QED) is 0.371. The third kappa shape index (κ3) is 3.12. The van der Waals surface area contributed by atoms with Gasteiger partial charge in [0, 0.05) is 17.1 Å². The van der Waals surface area contributed by atoms with Gasteiger partial charge in [-0.1, -0.05) is 78.9 Å². The number of fused-ring (bicyclic) bond motifs is 1. The number of hydrogen-bond acceptors (Lipinski definition) is 1. The fraction of sp³-hybridized carbons (Fsp3) is 0.0370. The molecule has 4 aromatic rings. The summed E-state index contributed by atoms with van der Waals surface area (Å²) in [6.45, 7) is 0. The van der Waals surface area contributed by atoms with Crippen LogP contribution in [0.1, 0.15) is 16.7 Å². The molecule has 28 heavy (non-hydrogen) atoms. The van der Waals surface area contributed by atoms with Gasteiger partial charge < -0.3 is 4.90 Å². The molecule has 0 radical (unpaired) electrons. The fourth-order valence-electron chi connectivity index (χ4n) is 3.90. The summed E-state index contributed by atoms with van der Waals surface area (Å²) in [6.07, 6.45) is 3.33. The molecule has 1 nitrogen and oxygen atoms in total. The SMILES string of the molecule is C1=C(c2ccccc2)Cc2ccc(N(c3ccccc3)c3ccccc3)cc21. The standard InChI is InChI=1S/C27H21N/c1-4-10-21(11-5-1)23-18-22-16-17-27(20-24(22)19-23)28(25-12-6-2-7-13-25)26-14-8-3-9-15-26/h1-17,19-20H,18H2. The van der Waals surface area contributed by atoms with Crippen LogP contribution in [-0.4, -0.2) is 0 Å². The van der Waals surface area contributed by atoms with Gasteiger partial charge in [-0.3, -0.25) is 0 Å². The predicted octanol–water partition coefficient (Wildman–Crippen LogP) is 7.25. The zero-order valence-electron chi connectivity index (χ0n) is 15.6. The Morgan fingerprint density at radius 1 is 0.536 bits per heavy atom. The van der Waals surface area contributed by atoms with Gasteiger partial charge in [0.25, 0.3) is 0 Å². The number of para-hydroxylation sites is 2. The van der Waals surface area contributed by atoms with Crippen molar-refractivity contribution in [3.8, 4) is 0 Å². The van der Waals surface area contributed by atoms with Crippen LogP contribution in [0.4, 0.5) is 17.1 Å². The minimum absolute atomic E-state index is 0.996. The van der Waals surface area contributed by atoms with Gasteiger partial charge in [0.2, 0.25) is 0 Å². The first-order chi connectivity index (χ1) is 13.9. The Morgan fingerprint density at radius 2 is 1.11 bits per heavy atom.